The fourth-order valence-corrected chi connectivity index (χ4v) is 2.83. The average Bonchev–Trinajstić information content (AvgIpc) is 2.72. The van der Waals surface area contributed by atoms with Crippen molar-refractivity contribution >= 4 is 0 Å². The van der Waals surface area contributed by atoms with Crippen LogP contribution in [0.3, 0.4) is 0 Å². The molecule has 2 nitrogen and oxygen atoms in total. The molecule has 2 rings (SSSR count). The van der Waals surface area contributed by atoms with Crippen molar-refractivity contribution in [2.24, 2.45) is 5.41 Å². The van der Waals surface area contributed by atoms with E-state index in [4.69, 9.17) is 4.74 Å². The maximum absolute atomic E-state index is 14.0. The molecule has 1 heterocycles. The van der Waals surface area contributed by atoms with E-state index in [1.807, 2.05) is 6.92 Å². The quantitative estimate of drug-likeness (QED) is 0.915. The van der Waals surface area contributed by atoms with Gasteiger partial charge in [0.05, 0.1) is 6.10 Å². The molecule has 2 atom stereocenters. The topological polar surface area (TPSA) is 21.3 Å². The minimum atomic E-state index is -0.533. The molecule has 1 aromatic carbocycles. The second-order valence-corrected chi connectivity index (χ2v) is 7.14. The van der Waals surface area contributed by atoms with Gasteiger partial charge in [0.2, 0.25) is 0 Å². The Labute approximate surface area is 125 Å². The van der Waals surface area contributed by atoms with Gasteiger partial charge in [-0.3, -0.25) is 0 Å². The summed E-state index contributed by atoms with van der Waals surface area (Å²) in [6.07, 6.45) is 1.49. The Bertz CT molecular complexity index is 498. The molecule has 21 heavy (non-hydrogen) atoms. The summed E-state index contributed by atoms with van der Waals surface area (Å²) in [5.74, 6) is -1.00. The van der Waals surface area contributed by atoms with Crippen molar-refractivity contribution in [3.63, 3.8) is 0 Å². The van der Waals surface area contributed by atoms with Crippen LogP contribution in [0.4, 0.5) is 8.78 Å². The molecule has 0 aliphatic carbocycles. The summed E-state index contributed by atoms with van der Waals surface area (Å²) in [6.45, 7) is 9.82. The molecular weight excluding hydrogens is 272 g/mol. The molecule has 1 saturated heterocycles. The van der Waals surface area contributed by atoms with E-state index >= 15 is 0 Å². The Morgan fingerprint density at radius 3 is 2.57 bits per heavy atom. The summed E-state index contributed by atoms with van der Waals surface area (Å²) in [5, 5.41) is 3.51. The lowest BCUT2D eigenvalue weighted by molar-refractivity contribution is 0.0593. The average molecular weight is 297 g/mol. The number of rotatable bonds is 4. The molecular formula is C17H25F2NO. The predicted octanol–water partition coefficient (Wildman–Crippen LogP) is 3.69. The van der Waals surface area contributed by atoms with Gasteiger partial charge in [-0.15, -0.1) is 0 Å². The zero-order chi connectivity index (χ0) is 15.7. The van der Waals surface area contributed by atoms with Crippen molar-refractivity contribution in [1.29, 1.82) is 0 Å². The maximum atomic E-state index is 14.0. The number of ether oxygens (including phenoxy) is 1. The predicted molar refractivity (Wildman–Crippen MR) is 80.3 cm³/mol. The molecule has 118 valence electrons. The van der Waals surface area contributed by atoms with Crippen LogP contribution in [0.5, 0.6) is 0 Å². The standard InChI is InChI=1S/C17H25F2NO/c1-12-17(7-8-21-12,11-20-16(2,3)4)10-13-5-6-14(18)9-15(13)19/h5-6,9,12,20H,7-8,10-11H2,1-4H3. The van der Waals surface area contributed by atoms with Crippen molar-refractivity contribution in [2.75, 3.05) is 13.2 Å². The van der Waals surface area contributed by atoms with E-state index < -0.39 is 11.6 Å². The van der Waals surface area contributed by atoms with Crippen LogP contribution in [0.1, 0.15) is 39.7 Å². The third-order valence-electron chi connectivity index (χ3n) is 4.36. The highest BCUT2D eigenvalue weighted by molar-refractivity contribution is 5.21. The van der Waals surface area contributed by atoms with Crippen LogP contribution >= 0.6 is 0 Å². The molecule has 4 heteroatoms. The fourth-order valence-electron chi connectivity index (χ4n) is 2.83. The van der Waals surface area contributed by atoms with E-state index in [1.165, 1.54) is 6.07 Å². The lowest BCUT2D eigenvalue weighted by Crippen LogP contribution is -2.47. The number of halogens is 2. The van der Waals surface area contributed by atoms with E-state index in [0.29, 0.717) is 18.6 Å². The summed E-state index contributed by atoms with van der Waals surface area (Å²) in [7, 11) is 0. The second kappa shape index (κ2) is 6.01. The van der Waals surface area contributed by atoms with E-state index in [9.17, 15) is 8.78 Å². The van der Waals surface area contributed by atoms with Crippen LogP contribution < -0.4 is 5.32 Å². The first-order valence-electron chi connectivity index (χ1n) is 7.52. The third kappa shape index (κ3) is 4.01. The van der Waals surface area contributed by atoms with Gasteiger partial charge in [0, 0.05) is 30.2 Å². The maximum Gasteiger partial charge on any atom is 0.129 e. The Morgan fingerprint density at radius 1 is 1.33 bits per heavy atom. The van der Waals surface area contributed by atoms with E-state index in [2.05, 4.69) is 26.1 Å². The molecule has 2 unspecified atom stereocenters. The molecule has 0 radical (unpaired) electrons. The lowest BCUT2D eigenvalue weighted by Gasteiger charge is -2.36. The van der Waals surface area contributed by atoms with Gasteiger partial charge in [-0.2, -0.15) is 0 Å². The first-order chi connectivity index (χ1) is 9.72. The minimum Gasteiger partial charge on any atom is -0.378 e. The molecule has 1 aliphatic rings. The molecule has 1 aromatic rings. The highest BCUT2D eigenvalue weighted by Gasteiger charge is 2.42. The molecule has 0 bridgehead atoms. The van der Waals surface area contributed by atoms with Crippen LogP contribution in [0, 0.1) is 17.0 Å². The first kappa shape index (κ1) is 16.4. The highest BCUT2D eigenvalue weighted by atomic mass is 19.1. The molecule has 1 fully saturated rings. The smallest absolute Gasteiger partial charge is 0.129 e. The summed E-state index contributed by atoms with van der Waals surface area (Å²) >= 11 is 0. The van der Waals surface area contributed by atoms with Crippen LogP contribution in [-0.4, -0.2) is 24.8 Å². The Hall–Kier alpha value is -1.00. The van der Waals surface area contributed by atoms with Gasteiger partial charge in [0.1, 0.15) is 11.6 Å². The van der Waals surface area contributed by atoms with Gasteiger partial charge in [0.25, 0.3) is 0 Å². The van der Waals surface area contributed by atoms with Crippen molar-refractivity contribution in [2.45, 2.75) is 52.2 Å². The van der Waals surface area contributed by atoms with E-state index in [0.717, 1.165) is 19.0 Å². The van der Waals surface area contributed by atoms with Gasteiger partial charge in [-0.05, 0) is 52.2 Å². The van der Waals surface area contributed by atoms with E-state index in [1.54, 1.807) is 6.07 Å². The summed E-state index contributed by atoms with van der Waals surface area (Å²) in [6, 6.07) is 3.83. The third-order valence-corrected chi connectivity index (χ3v) is 4.36. The number of hydrogen-bond donors (Lipinski definition) is 1. The Kier molecular flexibility index (Phi) is 4.69. The Morgan fingerprint density at radius 2 is 2.05 bits per heavy atom. The monoisotopic (exact) mass is 297 g/mol. The molecule has 0 saturated carbocycles. The fraction of sp³-hybridized carbons (Fsp3) is 0.647. The number of nitrogens with one attached hydrogen (secondary N) is 1. The summed E-state index contributed by atoms with van der Waals surface area (Å²) < 4.78 is 32.8. The zero-order valence-electron chi connectivity index (χ0n) is 13.3. The molecule has 0 aromatic heterocycles. The summed E-state index contributed by atoms with van der Waals surface area (Å²) in [4.78, 5) is 0. The van der Waals surface area contributed by atoms with Gasteiger partial charge >= 0.3 is 0 Å². The van der Waals surface area contributed by atoms with E-state index in [-0.39, 0.29) is 17.1 Å². The normalized spacial score (nSPS) is 26.3. The number of hydrogen-bond acceptors (Lipinski definition) is 2. The van der Waals surface area contributed by atoms with Gasteiger partial charge in [0.15, 0.2) is 0 Å². The van der Waals surface area contributed by atoms with Crippen molar-refractivity contribution < 1.29 is 13.5 Å². The molecule has 0 spiro atoms. The number of benzene rings is 1. The van der Waals surface area contributed by atoms with Crippen LogP contribution in [0.2, 0.25) is 0 Å². The van der Waals surface area contributed by atoms with Crippen LogP contribution in [0.15, 0.2) is 18.2 Å². The van der Waals surface area contributed by atoms with Crippen molar-refractivity contribution in [3.8, 4) is 0 Å². The highest BCUT2D eigenvalue weighted by Crippen LogP contribution is 2.38. The first-order valence-corrected chi connectivity index (χ1v) is 7.52. The SMILES string of the molecule is CC1OCCC1(CNC(C)(C)C)Cc1ccc(F)cc1F. The van der Waals surface area contributed by atoms with Gasteiger partial charge < -0.3 is 10.1 Å². The van der Waals surface area contributed by atoms with Gasteiger partial charge in [-0.25, -0.2) is 8.78 Å². The minimum absolute atomic E-state index is 0.00332. The summed E-state index contributed by atoms with van der Waals surface area (Å²) in [5.41, 5.74) is 0.409. The van der Waals surface area contributed by atoms with Crippen molar-refractivity contribution in [3.05, 3.63) is 35.4 Å². The van der Waals surface area contributed by atoms with Crippen LogP contribution in [-0.2, 0) is 11.2 Å². The van der Waals surface area contributed by atoms with Gasteiger partial charge in [-0.1, -0.05) is 6.07 Å². The second-order valence-electron chi connectivity index (χ2n) is 7.14. The van der Waals surface area contributed by atoms with Crippen LogP contribution in [0.25, 0.3) is 0 Å². The zero-order valence-corrected chi connectivity index (χ0v) is 13.3. The molecule has 1 N–H and O–H groups in total. The molecule has 1 aliphatic heterocycles. The lowest BCUT2D eigenvalue weighted by atomic mass is 9.75. The Balaban J connectivity index is 2.20. The largest absolute Gasteiger partial charge is 0.378 e. The van der Waals surface area contributed by atoms with Crippen molar-refractivity contribution in [1.82, 2.24) is 5.32 Å². The molecule has 0 amide bonds.